The van der Waals surface area contributed by atoms with E-state index in [0.717, 1.165) is 12.8 Å². The van der Waals surface area contributed by atoms with Crippen LogP contribution in [0.5, 0.6) is 0 Å². The van der Waals surface area contributed by atoms with Crippen molar-refractivity contribution in [3.63, 3.8) is 0 Å². The summed E-state index contributed by atoms with van der Waals surface area (Å²) in [4.78, 5) is 25.1. The van der Waals surface area contributed by atoms with Crippen molar-refractivity contribution in [3.8, 4) is 6.07 Å². The first-order chi connectivity index (χ1) is 10.1. The molecule has 1 saturated heterocycles. The third-order valence-corrected chi connectivity index (χ3v) is 3.97. The van der Waals surface area contributed by atoms with E-state index in [-0.39, 0.29) is 24.0 Å². The zero-order valence-electron chi connectivity index (χ0n) is 11.5. The molecule has 21 heavy (non-hydrogen) atoms. The fourth-order valence-electron chi connectivity index (χ4n) is 2.33. The van der Waals surface area contributed by atoms with Crippen LogP contribution in [0.15, 0.2) is 21.2 Å². The Balaban J connectivity index is 1.73. The summed E-state index contributed by atoms with van der Waals surface area (Å²) in [5.41, 5.74) is 0. The number of carbonyl (C=O) groups excluding carboxylic acids is 2. The Bertz CT molecular complexity index is 556. The van der Waals surface area contributed by atoms with Crippen LogP contribution in [0.2, 0.25) is 0 Å². The van der Waals surface area contributed by atoms with E-state index in [2.05, 4.69) is 21.2 Å². The summed E-state index contributed by atoms with van der Waals surface area (Å²) in [7, 11) is 0. The lowest BCUT2D eigenvalue weighted by atomic mass is 9.96. The number of furan rings is 1. The van der Waals surface area contributed by atoms with E-state index in [9.17, 15) is 9.59 Å². The molecule has 1 aromatic rings. The molecule has 7 heteroatoms. The quantitative estimate of drug-likeness (QED) is 0.895. The third kappa shape index (κ3) is 4.33. The number of nitriles is 1. The van der Waals surface area contributed by atoms with Crippen molar-refractivity contribution in [1.29, 1.82) is 5.26 Å². The maximum absolute atomic E-state index is 11.8. The number of carbonyl (C=O) groups is 2. The van der Waals surface area contributed by atoms with E-state index < -0.39 is 0 Å². The van der Waals surface area contributed by atoms with Crippen LogP contribution < -0.4 is 5.32 Å². The number of amides is 2. The SMILES string of the molecule is N#CCC(=O)N1CCC(CNC(=O)c2ccc(Br)o2)CC1. The van der Waals surface area contributed by atoms with Crippen molar-refractivity contribution >= 4 is 27.7 Å². The lowest BCUT2D eigenvalue weighted by Gasteiger charge is -2.31. The molecule has 0 aliphatic carbocycles. The summed E-state index contributed by atoms with van der Waals surface area (Å²) >= 11 is 3.15. The van der Waals surface area contributed by atoms with Crippen LogP contribution >= 0.6 is 15.9 Å². The Morgan fingerprint density at radius 3 is 2.71 bits per heavy atom. The number of hydrogen-bond acceptors (Lipinski definition) is 4. The van der Waals surface area contributed by atoms with Crippen LogP contribution in [0.1, 0.15) is 29.8 Å². The summed E-state index contributed by atoms with van der Waals surface area (Å²) in [5.74, 6) is 0.283. The van der Waals surface area contributed by atoms with Crippen molar-refractivity contribution in [2.75, 3.05) is 19.6 Å². The summed E-state index contributed by atoms with van der Waals surface area (Å²) in [6, 6.07) is 5.16. The molecule has 0 saturated carbocycles. The van der Waals surface area contributed by atoms with E-state index in [1.165, 1.54) is 0 Å². The van der Waals surface area contributed by atoms with Crippen LogP contribution in [-0.4, -0.2) is 36.3 Å². The maximum Gasteiger partial charge on any atom is 0.287 e. The first-order valence-corrected chi connectivity index (χ1v) is 7.57. The van der Waals surface area contributed by atoms with Gasteiger partial charge in [-0.25, -0.2) is 0 Å². The molecular weight excluding hydrogens is 338 g/mol. The minimum absolute atomic E-state index is 0.0607. The molecule has 0 radical (unpaired) electrons. The monoisotopic (exact) mass is 353 g/mol. The van der Waals surface area contributed by atoms with Gasteiger partial charge in [-0.1, -0.05) is 0 Å². The molecule has 1 aliphatic heterocycles. The van der Waals surface area contributed by atoms with E-state index >= 15 is 0 Å². The number of nitrogens with zero attached hydrogens (tertiary/aromatic N) is 2. The molecule has 2 heterocycles. The Morgan fingerprint density at radius 2 is 2.14 bits per heavy atom. The minimum atomic E-state index is -0.233. The number of rotatable bonds is 4. The van der Waals surface area contributed by atoms with Gasteiger partial charge in [0, 0.05) is 19.6 Å². The second-order valence-corrected chi connectivity index (χ2v) is 5.75. The van der Waals surface area contributed by atoms with E-state index in [1.807, 2.05) is 6.07 Å². The summed E-state index contributed by atoms with van der Waals surface area (Å²) in [6.45, 7) is 1.86. The number of nitrogens with one attached hydrogen (secondary N) is 1. The van der Waals surface area contributed by atoms with Gasteiger partial charge in [0.2, 0.25) is 5.91 Å². The zero-order chi connectivity index (χ0) is 15.2. The molecule has 0 aromatic carbocycles. The molecule has 0 unspecified atom stereocenters. The molecule has 1 aromatic heterocycles. The number of halogens is 1. The molecule has 0 spiro atoms. The predicted molar refractivity (Wildman–Crippen MR) is 78.3 cm³/mol. The van der Waals surface area contributed by atoms with Gasteiger partial charge in [0.1, 0.15) is 6.42 Å². The van der Waals surface area contributed by atoms with Crippen LogP contribution in [0, 0.1) is 17.2 Å². The Labute approximate surface area is 131 Å². The fraction of sp³-hybridized carbons (Fsp3) is 0.500. The zero-order valence-corrected chi connectivity index (χ0v) is 13.1. The molecular formula is C14H16BrN3O3. The highest BCUT2D eigenvalue weighted by Crippen LogP contribution is 2.18. The predicted octanol–water partition coefficient (Wildman–Crippen LogP) is 1.92. The minimum Gasteiger partial charge on any atom is -0.444 e. The second-order valence-electron chi connectivity index (χ2n) is 4.97. The van der Waals surface area contributed by atoms with Gasteiger partial charge in [-0.2, -0.15) is 5.26 Å². The highest BCUT2D eigenvalue weighted by atomic mass is 79.9. The highest BCUT2D eigenvalue weighted by molar-refractivity contribution is 9.10. The van der Waals surface area contributed by atoms with Gasteiger partial charge in [0.15, 0.2) is 10.4 Å². The summed E-state index contributed by atoms with van der Waals surface area (Å²) in [6.07, 6.45) is 1.60. The van der Waals surface area contributed by atoms with Gasteiger partial charge in [0.05, 0.1) is 6.07 Å². The van der Waals surface area contributed by atoms with Gasteiger partial charge in [-0.15, -0.1) is 0 Å². The average molecular weight is 354 g/mol. The second kappa shape index (κ2) is 7.27. The highest BCUT2D eigenvalue weighted by Gasteiger charge is 2.23. The molecule has 112 valence electrons. The maximum atomic E-state index is 11.8. The number of hydrogen-bond donors (Lipinski definition) is 1. The lowest BCUT2D eigenvalue weighted by molar-refractivity contribution is -0.131. The van der Waals surface area contributed by atoms with Crippen molar-refractivity contribution < 1.29 is 14.0 Å². The normalized spacial score (nSPS) is 15.5. The largest absolute Gasteiger partial charge is 0.444 e. The van der Waals surface area contributed by atoms with Crippen molar-refractivity contribution in [3.05, 3.63) is 22.6 Å². The van der Waals surface area contributed by atoms with E-state index in [0.29, 0.717) is 30.2 Å². The smallest absolute Gasteiger partial charge is 0.287 e. The van der Waals surface area contributed by atoms with Crippen molar-refractivity contribution in [2.24, 2.45) is 5.92 Å². The Morgan fingerprint density at radius 1 is 1.43 bits per heavy atom. The molecule has 6 nitrogen and oxygen atoms in total. The fourth-order valence-corrected chi connectivity index (χ4v) is 2.63. The average Bonchev–Trinajstić information content (AvgIpc) is 2.92. The topological polar surface area (TPSA) is 86.3 Å². The Kier molecular flexibility index (Phi) is 5.39. The van der Waals surface area contributed by atoms with Gasteiger partial charge in [0.25, 0.3) is 5.91 Å². The third-order valence-electron chi connectivity index (χ3n) is 3.55. The first kappa shape index (κ1) is 15.6. The van der Waals surface area contributed by atoms with E-state index in [1.54, 1.807) is 17.0 Å². The first-order valence-electron chi connectivity index (χ1n) is 6.78. The van der Waals surface area contributed by atoms with Gasteiger partial charge < -0.3 is 14.6 Å². The molecule has 0 atom stereocenters. The molecule has 0 bridgehead atoms. The summed E-state index contributed by atoms with van der Waals surface area (Å²) < 4.78 is 5.71. The number of likely N-dealkylation sites (tertiary alicyclic amines) is 1. The van der Waals surface area contributed by atoms with Crippen molar-refractivity contribution in [1.82, 2.24) is 10.2 Å². The molecule has 2 amide bonds. The van der Waals surface area contributed by atoms with Crippen LogP contribution in [-0.2, 0) is 4.79 Å². The lowest BCUT2D eigenvalue weighted by Crippen LogP contribution is -2.41. The van der Waals surface area contributed by atoms with Gasteiger partial charge in [-0.3, -0.25) is 9.59 Å². The van der Waals surface area contributed by atoms with Crippen LogP contribution in [0.4, 0.5) is 0 Å². The molecule has 2 rings (SSSR count). The van der Waals surface area contributed by atoms with Crippen molar-refractivity contribution in [2.45, 2.75) is 19.3 Å². The molecule has 1 N–H and O–H groups in total. The summed E-state index contributed by atoms with van der Waals surface area (Å²) in [5, 5.41) is 11.4. The Hall–Kier alpha value is -1.81. The number of piperidine rings is 1. The van der Waals surface area contributed by atoms with Gasteiger partial charge in [-0.05, 0) is 46.8 Å². The van der Waals surface area contributed by atoms with E-state index in [4.69, 9.17) is 9.68 Å². The molecule has 1 fully saturated rings. The standard InChI is InChI=1S/C14H16BrN3O3/c15-12-2-1-11(21-12)14(20)17-9-10-4-7-18(8-5-10)13(19)3-6-16/h1-2,10H,3-5,7-9H2,(H,17,20). The van der Waals surface area contributed by atoms with Gasteiger partial charge >= 0.3 is 0 Å². The van der Waals surface area contributed by atoms with Crippen LogP contribution in [0.3, 0.4) is 0 Å². The van der Waals surface area contributed by atoms with Crippen LogP contribution in [0.25, 0.3) is 0 Å². The molecule has 1 aliphatic rings.